The number of ether oxygens (including phenoxy) is 2. The predicted molar refractivity (Wildman–Crippen MR) is 118 cm³/mol. The summed E-state index contributed by atoms with van der Waals surface area (Å²) in [7, 11) is 0. The fourth-order valence-corrected chi connectivity index (χ4v) is 5.75. The van der Waals surface area contributed by atoms with E-state index in [-0.39, 0.29) is 25.0 Å². The molecule has 0 aromatic heterocycles. The van der Waals surface area contributed by atoms with Crippen molar-refractivity contribution in [1.82, 2.24) is 4.90 Å². The van der Waals surface area contributed by atoms with Crippen molar-refractivity contribution in [2.75, 3.05) is 19.8 Å². The number of rotatable bonds is 7. The van der Waals surface area contributed by atoms with E-state index in [9.17, 15) is 14.4 Å². The van der Waals surface area contributed by atoms with Crippen LogP contribution in [0.15, 0.2) is 60.7 Å². The summed E-state index contributed by atoms with van der Waals surface area (Å²) in [5, 5.41) is 0. The Kier molecular flexibility index (Phi) is 5.80. The van der Waals surface area contributed by atoms with E-state index in [0.29, 0.717) is 13.1 Å². The standard InChI is InChI=1S/C26H29NO5/c1-4-31-23(29)26(24(30)32-5-2)21-20(25(26,3)19-14-10-7-11-15-19)17-27(22(21)28)16-18-12-8-6-9-13-18/h6-15,20-21H,4-5,16-17H2,1-3H3/t20-,21-,25+/m0/s1. The summed E-state index contributed by atoms with van der Waals surface area (Å²) >= 11 is 0. The maximum Gasteiger partial charge on any atom is 0.325 e. The van der Waals surface area contributed by atoms with Gasteiger partial charge in [0.2, 0.25) is 5.91 Å². The number of amides is 1. The summed E-state index contributed by atoms with van der Waals surface area (Å²) in [5.74, 6) is -2.58. The molecule has 1 heterocycles. The van der Waals surface area contributed by atoms with Gasteiger partial charge in [-0.15, -0.1) is 0 Å². The molecule has 1 amide bonds. The third-order valence-electron chi connectivity index (χ3n) is 7.21. The van der Waals surface area contributed by atoms with Crippen LogP contribution >= 0.6 is 0 Å². The second-order valence-electron chi connectivity index (χ2n) is 8.61. The summed E-state index contributed by atoms with van der Waals surface area (Å²) < 4.78 is 10.9. The number of carbonyl (C=O) groups excluding carboxylic acids is 3. The monoisotopic (exact) mass is 435 g/mol. The first-order valence-corrected chi connectivity index (χ1v) is 11.2. The predicted octanol–water partition coefficient (Wildman–Crippen LogP) is 3.35. The molecular weight excluding hydrogens is 406 g/mol. The SMILES string of the molecule is CCOC(=O)C1(C(=O)OCC)[C@@H]2C(=O)N(Cc3ccccc3)C[C@@H]2[C@@]1(C)c1ccccc1. The molecule has 2 aromatic rings. The molecular formula is C26H29NO5. The molecule has 1 aliphatic heterocycles. The van der Waals surface area contributed by atoms with E-state index in [0.717, 1.165) is 11.1 Å². The molecule has 168 valence electrons. The molecule has 0 spiro atoms. The van der Waals surface area contributed by atoms with E-state index in [4.69, 9.17) is 9.47 Å². The molecule has 2 fully saturated rings. The third kappa shape index (κ3) is 2.96. The number of nitrogens with zero attached hydrogens (tertiary/aromatic N) is 1. The highest BCUT2D eigenvalue weighted by Gasteiger charge is 2.83. The Hall–Kier alpha value is -3.15. The van der Waals surface area contributed by atoms with Gasteiger partial charge >= 0.3 is 11.9 Å². The first-order chi connectivity index (χ1) is 15.4. The number of benzene rings is 2. The Morgan fingerprint density at radius 1 is 0.938 bits per heavy atom. The summed E-state index contributed by atoms with van der Waals surface area (Å²) in [6.45, 7) is 6.42. The highest BCUT2D eigenvalue weighted by Crippen LogP contribution is 2.69. The Morgan fingerprint density at radius 3 is 2.00 bits per heavy atom. The van der Waals surface area contributed by atoms with Gasteiger partial charge in [0.15, 0.2) is 5.41 Å². The summed E-state index contributed by atoms with van der Waals surface area (Å²) in [5.41, 5.74) is -0.815. The van der Waals surface area contributed by atoms with Crippen LogP contribution in [0.25, 0.3) is 0 Å². The van der Waals surface area contributed by atoms with Crippen molar-refractivity contribution in [3.8, 4) is 0 Å². The number of hydrogen-bond donors (Lipinski definition) is 0. The zero-order valence-electron chi connectivity index (χ0n) is 18.7. The van der Waals surface area contributed by atoms with E-state index in [1.165, 1.54) is 0 Å². The molecule has 6 nitrogen and oxygen atoms in total. The van der Waals surface area contributed by atoms with E-state index in [2.05, 4.69) is 0 Å². The van der Waals surface area contributed by atoms with Crippen LogP contribution < -0.4 is 0 Å². The lowest BCUT2D eigenvalue weighted by Crippen LogP contribution is -2.74. The van der Waals surface area contributed by atoms with Gasteiger partial charge in [-0.25, -0.2) is 0 Å². The molecule has 1 aliphatic carbocycles. The topological polar surface area (TPSA) is 72.9 Å². The first kappa shape index (κ1) is 22.1. The number of hydrogen-bond acceptors (Lipinski definition) is 5. The number of fused-ring (bicyclic) bond motifs is 1. The highest BCUT2D eigenvalue weighted by molar-refractivity contribution is 6.10. The normalized spacial score (nSPS) is 25.6. The van der Waals surface area contributed by atoms with E-state index >= 15 is 0 Å². The van der Waals surface area contributed by atoms with Gasteiger partial charge in [0.1, 0.15) is 0 Å². The van der Waals surface area contributed by atoms with Crippen molar-refractivity contribution in [3.63, 3.8) is 0 Å². The lowest BCUT2D eigenvalue weighted by atomic mass is 9.37. The summed E-state index contributed by atoms with van der Waals surface area (Å²) in [6, 6.07) is 19.2. The molecule has 3 atom stereocenters. The molecule has 0 bridgehead atoms. The van der Waals surface area contributed by atoms with Crippen LogP contribution in [0.1, 0.15) is 31.9 Å². The maximum absolute atomic E-state index is 13.6. The first-order valence-electron chi connectivity index (χ1n) is 11.2. The molecule has 0 unspecified atom stereocenters. The van der Waals surface area contributed by atoms with Gasteiger partial charge in [-0.2, -0.15) is 0 Å². The molecule has 1 saturated carbocycles. The minimum Gasteiger partial charge on any atom is -0.465 e. The third-order valence-corrected chi connectivity index (χ3v) is 7.21. The molecule has 32 heavy (non-hydrogen) atoms. The summed E-state index contributed by atoms with van der Waals surface area (Å²) in [6.07, 6.45) is 0. The van der Waals surface area contributed by atoms with Crippen LogP contribution in [0.2, 0.25) is 0 Å². The van der Waals surface area contributed by atoms with Gasteiger partial charge in [-0.1, -0.05) is 67.6 Å². The van der Waals surface area contributed by atoms with Gasteiger partial charge in [-0.3, -0.25) is 14.4 Å². The van der Waals surface area contributed by atoms with Gasteiger partial charge in [0.05, 0.1) is 19.1 Å². The fraction of sp³-hybridized carbons (Fsp3) is 0.423. The van der Waals surface area contributed by atoms with Gasteiger partial charge in [0.25, 0.3) is 0 Å². The zero-order chi connectivity index (χ0) is 22.9. The average Bonchev–Trinajstić information content (AvgIpc) is 3.09. The number of esters is 2. The Labute approximate surface area is 188 Å². The van der Waals surface area contributed by atoms with Crippen LogP contribution in [0.4, 0.5) is 0 Å². The minimum atomic E-state index is -1.71. The van der Waals surface area contributed by atoms with Crippen molar-refractivity contribution in [1.29, 1.82) is 0 Å². The molecule has 1 saturated heterocycles. The Balaban J connectivity index is 1.83. The van der Waals surface area contributed by atoms with Crippen LogP contribution in [-0.2, 0) is 35.8 Å². The minimum absolute atomic E-state index is 0.115. The van der Waals surface area contributed by atoms with Crippen molar-refractivity contribution < 1.29 is 23.9 Å². The van der Waals surface area contributed by atoms with Gasteiger partial charge < -0.3 is 14.4 Å². The van der Waals surface area contributed by atoms with Crippen LogP contribution in [0.5, 0.6) is 0 Å². The molecule has 2 aromatic carbocycles. The molecule has 6 heteroatoms. The molecule has 4 rings (SSSR count). The van der Waals surface area contributed by atoms with Gasteiger partial charge in [0, 0.05) is 24.4 Å². The van der Waals surface area contributed by atoms with Crippen molar-refractivity contribution in [2.24, 2.45) is 17.3 Å². The van der Waals surface area contributed by atoms with Gasteiger partial charge in [-0.05, 0) is 25.0 Å². The van der Waals surface area contributed by atoms with E-state index in [1.54, 1.807) is 18.7 Å². The average molecular weight is 436 g/mol. The lowest BCUT2D eigenvalue weighted by molar-refractivity contribution is -0.210. The van der Waals surface area contributed by atoms with Crippen molar-refractivity contribution in [2.45, 2.75) is 32.7 Å². The smallest absolute Gasteiger partial charge is 0.325 e. The summed E-state index contributed by atoms with van der Waals surface area (Å²) in [4.78, 5) is 42.4. The van der Waals surface area contributed by atoms with Crippen LogP contribution in [0, 0.1) is 17.3 Å². The molecule has 0 radical (unpaired) electrons. The number of carbonyl (C=O) groups is 3. The molecule has 0 N–H and O–H groups in total. The van der Waals surface area contributed by atoms with E-state index < -0.39 is 28.7 Å². The maximum atomic E-state index is 13.6. The quantitative estimate of drug-likeness (QED) is 0.493. The zero-order valence-corrected chi connectivity index (χ0v) is 18.7. The largest absolute Gasteiger partial charge is 0.465 e. The number of likely N-dealkylation sites (tertiary alicyclic amines) is 1. The second kappa shape index (κ2) is 8.41. The van der Waals surface area contributed by atoms with E-state index in [1.807, 2.05) is 67.6 Å². The second-order valence-corrected chi connectivity index (χ2v) is 8.61. The fourth-order valence-electron chi connectivity index (χ4n) is 5.75. The van der Waals surface area contributed by atoms with Crippen molar-refractivity contribution in [3.05, 3.63) is 71.8 Å². The Bertz CT molecular complexity index is 987. The lowest BCUT2D eigenvalue weighted by Gasteiger charge is -2.61. The molecule has 2 aliphatic rings. The van der Waals surface area contributed by atoms with Crippen LogP contribution in [0.3, 0.4) is 0 Å². The van der Waals surface area contributed by atoms with Crippen molar-refractivity contribution >= 4 is 17.8 Å². The highest BCUT2D eigenvalue weighted by atomic mass is 16.6. The Morgan fingerprint density at radius 2 is 1.47 bits per heavy atom. The van der Waals surface area contributed by atoms with Crippen LogP contribution in [-0.4, -0.2) is 42.5 Å².